The van der Waals surface area contributed by atoms with E-state index in [1.54, 1.807) is 41.4 Å². The van der Waals surface area contributed by atoms with E-state index in [0.717, 1.165) is 0 Å². The highest BCUT2D eigenvalue weighted by molar-refractivity contribution is 7.90. The van der Waals surface area contributed by atoms with E-state index >= 15 is 0 Å². The fourth-order valence-corrected chi connectivity index (χ4v) is 3.64. The molecule has 3 aromatic heterocycles. The fraction of sp³-hybridized carbons (Fsp3) is 0.118. The first-order valence-electron chi connectivity index (χ1n) is 7.69. The number of H-pyrrole nitrogens is 1. The van der Waals surface area contributed by atoms with Gasteiger partial charge in [0.1, 0.15) is 17.3 Å². The molecule has 0 fully saturated rings. The van der Waals surface area contributed by atoms with E-state index in [9.17, 15) is 8.94 Å². The quantitative estimate of drug-likeness (QED) is 0.545. The average molecular weight is 371 g/mol. The summed E-state index contributed by atoms with van der Waals surface area (Å²) in [5.41, 5.74) is 1.89. The van der Waals surface area contributed by atoms with Crippen molar-refractivity contribution in [1.29, 1.82) is 0 Å². The van der Waals surface area contributed by atoms with Crippen LogP contribution in [0.5, 0.6) is 5.75 Å². The number of fused-ring (bicyclic) bond motifs is 1. The molecule has 4 rings (SSSR count). The Morgan fingerprint density at radius 2 is 2.23 bits per heavy atom. The predicted octanol–water partition coefficient (Wildman–Crippen LogP) is 2.60. The molecule has 1 N–H and O–H groups in total. The summed E-state index contributed by atoms with van der Waals surface area (Å²) in [4.78, 5) is 15.4. The molecule has 0 radical (unpaired) electrons. The maximum atomic E-state index is 14.3. The van der Waals surface area contributed by atoms with Gasteiger partial charge in [-0.2, -0.15) is 4.98 Å². The number of aromatic amines is 1. The van der Waals surface area contributed by atoms with Crippen LogP contribution in [0.4, 0.5) is 4.39 Å². The van der Waals surface area contributed by atoms with Gasteiger partial charge < -0.3 is 13.9 Å². The largest absolute Gasteiger partial charge is 0.609 e. The minimum absolute atomic E-state index is 0.140. The summed E-state index contributed by atoms with van der Waals surface area (Å²) in [5, 5.41) is 0.259. The Morgan fingerprint density at radius 1 is 1.35 bits per heavy atom. The molecule has 1 unspecified atom stereocenters. The van der Waals surface area contributed by atoms with Crippen molar-refractivity contribution in [1.82, 2.24) is 24.5 Å². The predicted molar refractivity (Wildman–Crippen MR) is 94.1 cm³/mol. The van der Waals surface area contributed by atoms with Gasteiger partial charge in [0.25, 0.3) is 0 Å². The number of halogens is 1. The summed E-state index contributed by atoms with van der Waals surface area (Å²) < 4.78 is 33.8. The summed E-state index contributed by atoms with van der Waals surface area (Å²) in [6.45, 7) is 0. The number of benzene rings is 1. The van der Waals surface area contributed by atoms with E-state index in [0.29, 0.717) is 28.2 Å². The first-order chi connectivity index (χ1) is 12.7. The normalized spacial score (nSPS) is 12.4. The van der Waals surface area contributed by atoms with Crippen molar-refractivity contribution in [3.05, 3.63) is 60.7 Å². The van der Waals surface area contributed by atoms with Gasteiger partial charge in [-0.25, -0.2) is 9.37 Å². The van der Waals surface area contributed by atoms with Crippen molar-refractivity contribution >= 4 is 22.2 Å². The molecule has 0 bridgehead atoms. The molecular formula is C17H14FN5O2S. The third-order valence-electron chi connectivity index (χ3n) is 3.86. The molecule has 0 amide bonds. The van der Waals surface area contributed by atoms with Crippen molar-refractivity contribution in [2.24, 2.45) is 0 Å². The van der Waals surface area contributed by atoms with Gasteiger partial charge in [-0.1, -0.05) is 0 Å². The Balaban J connectivity index is 1.67. The molecule has 132 valence electrons. The fourth-order valence-electron chi connectivity index (χ4n) is 2.61. The molecule has 0 aliphatic heterocycles. The van der Waals surface area contributed by atoms with Gasteiger partial charge in [0.15, 0.2) is 5.75 Å². The van der Waals surface area contributed by atoms with Gasteiger partial charge in [-0.15, -0.1) is 0 Å². The number of imidazole rings is 2. The molecule has 3 heterocycles. The maximum absolute atomic E-state index is 14.3. The molecule has 26 heavy (non-hydrogen) atoms. The molecule has 7 nitrogen and oxygen atoms in total. The van der Waals surface area contributed by atoms with Crippen LogP contribution in [0.2, 0.25) is 0 Å². The van der Waals surface area contributed by atoms with E-state index < -0.39 is 17.0 Å². The molecule has 1 atom stereocenters. The number of hydrogen-bond acceptors (Lipinski definition) is 5. The number of aromatic nitrogens is 5. The highest BCUT2D eigenvalue weighted by Gasteiger charge is 2.21. The summed E-state index contributed by atoms with van der Waals surface area (Å²) in [5.74, 6) is 0.272. The Labute approximate surface area is 151 Å². The zero-order chi connectivity index (χ0) is 18.1. The summed E-state index contributed by atoms with van der Waals surface area (Å²) in [7, 11) is 1.53. The van der Waals surface area contributed by atoms with Crippen LogP contribution in [0, 0.1) is 5.82 Å². The number of nitrogens with one attached hydrogen (secondary N) is 1. The standard InChI is InChI=1S/C17H14FN5O2S/c1-25-16-3-2-4-20-14(16)9-26(24)17-21-12-7-11(18)15(8-13(12)22-17)23-6-5-19-10-23/h2-8,10H,9H2,1H3,(H,21,22). The molecule has 9 heteroatoms. The highest BCUT2D eigenvalue weighted by atomic mass is 32.2. The SMILES string of the molecule is COc1cccnc1C[S+]([O-])c1nc2cc(-n3ccnc3)c(F)cc2[nH]1. The Hall–Kier alpha value is -2.91. The van der Waals surface area contributed by atoms with Gasteiger partial charge in [0, 0.05) is 35.8 Å². The molecule has 0 aliphatic rings. The first-order valence-corrected chi connectivity index (χ1v) is 9.01. The number of nitrogens with zero attached hydrogens (tertiary/aromatic N) is 4. The van der Waals surface area contributed by atoms with Crippen LogP contribution in [-0.4, -0.2) is 36.2 Å². The lowest BCUT2D eigenvalue weighted by Crippen LogP contribution is -2.09. The second kappa shape index (κ2) is 6.77. The van der Waals surface area contributed by atoms with Crippen LogP contribution < -0.4 is 4.74 Å². The van der Waals surface area contributed by atoms with Gasteiger partial charge in [-0.05, 0) is 18.2 Å². The van der Waals surface area contributed by atoms with Crippen molar-refractivity contribution < 1.29 is 13.7 Å². The number of ether oxygens (including phenoxy) is 1. The third-order valence-corrected chi connectivity index (χ3v) is 5.02. The summed E-state index contributed by atoms with van der Waals surface area (Å²) in [6, 6.07) is 6.42. The summed E-state index contributed by atoms with van der Waals surface area (Å²) in [6.07, 6.45) is 6.32. The summed E-state index contributed by atoms with van der Waals surface area (Å²) >= 11 is -1.48. The average Bonchev–Trinajstić information content (AvgIpc) is 3.30. The molecule has 0 saturated heterocycles. The Kier molecular flexibility index (Phi) is 4.31. The lowest BCUT2D eigenvalue weighted by molar-refractivity contribution is 0.408. The Morgan fingerprint density at radius 3 is 3.00 bits per heavy atom. The number of rotatable bonds is 5. The van der Waals surface area contributed by atoms with Gasteiger partial charge in [-0.3, -0.25) is 9.97 Å². The van der Waals surface area contributed by atoms with E-state index in [1.807, 2.05) is 0 Å². The van der Waals surface area contributed by atoms with E-state index in [1.165, 1.54) is 19.5 Å². The van der Waals surface area contributed by atoms with Crippen LogP contribution in [0.25, 0.3) is 16.7 Å². The van der Waals surface area contributed by atoms with Gasteiger partial charge in [0.05, 0.1) is 30.2 Å². The lowest BCUT2D eigenvalue weighted by atomic mass is 10.2. The lowest BCUT2D eigenvalue weighted by Gasteiger charge is -2.09. The van der Waals surface area contributed by atoms with Crippen molar-refractivity contribution in [2.45, 2.75) is 10.9 Å². The van der Waals surface area contributed by atoms with Crippen LogP contribution in [0.1, 0.15) is 5.69 Å². The molecule has 4 aromatic rings. The van der Waals surface area contributed by atoms with Crippen LogP contribution >= 0.6 is 0 Å². The number of pyridine rings is 1. The Bertz CT molecular complexity index is 1050. The van der Waals surface area contributed by atoms with Gasteiger partial charge in [0.2, 0.25) is 0 Å². The van der Waals surface area contributed by atoms with Crippen molar-refractivity contribution in [3.63, 3.8) is 0 Å². The highest BCUT2D eigenvalue weighted by Crippen LogP contribution is 2.25. The second-order valence-electron chi connectivity index (χ2n) is 5.47. The molecule has 0 spiro atoms. The minimum atomic E-state index is -1.48. The van der Waals surface area contributed by atoms with Gasteiger partial charge >= 0.3 is 5.16 Å². The van der Waals surface area contributed by atoms with E-state index in [-0.39, 0.29) is 10.9 Å². The smallest absolute Gasteiger partial charge is 0.322 e. The topological polar surface area (TPSA) is 91.7 Å². The molecule has 0 saturated carbocycles. The van der Waals surface area contributed by atoms with Crippen molar-refractivity contribution in [3.8, 4) is 11.4 Å². The van der Waals surface area contributed by atoms with E-state index in [4.69, 9.17) is 4.74 Å². The van der Waals surface area contributed by atoms with Crippen LogP contribution in [0.3, 0.4) is 0 Å². The second-order valence-corrected chi connectivity index (χ2v) is 6.84. The maximum Gasteiger partial charge on any atom is 0.322 e. The zero-order valence-electron chi connectivity index (χ0n) is 13.7. The van der Waals surface area contributed by atoms with Crippen LogP contribution in [0.15, 0.2) is 54.3 Å². The monoisotopic (exact) mass is 371 g/mol. The minimum Gasteiger partial charge on any atom is -0.609 e. The first kappa shape index (κ1) is 16.6. The zero-order valence-corrected chi connectivity index (χ0v) is 14.5. The molecular weight excluding hydrogens is 357 g/mol. The molecule has 1 aromatic carbocycles. The van der Waals surface area contributed by atoms with Crippen molar-refractivity contribution in [2.75, 3.05) is 7.11 Å². The van der Waals surface area contributed by atoms with Crippen LogP contribution in [-0.2, 0) is 16.9 Å². The third kappa shape index (κ3) is 3.02. The number of hydrogen-bond donors (Lipinski definition) is 1. The van der Waals surface area contributed by atoms with E-state index in [2.05, 4.69) is 19.9 Å². The number of methoxy groups -OCH3 is 1. The molecule has 0 aliphatic carbocycles.